The zero-order chi connectivity index (χ0) is 20.2. The molecule has 144 valence electrons. The molecule has 0 heterocycles. The normalized spacial score (nSPS) is 12.5. The quantitative estimate of drug-likeness (QED) is 0.468. The van der Waals surface area contributed by atoms with Crippen LogP contribution in [0.1, 0.15) is 6.92 Å². The first-order valence-corrected chi connectivity index (χ1v) is 11.8. The van der Waals surface area contributed by atoms with Crippen LogP contribution in [-0.2, 0) is 9.32 Å². The molecule has 4 aromatic rings. The molecule has 0 unspecified atom stereocenters. The van der Waals surface area contributed by atoms with Gasteiger partial charge in [-0.15, -0.1) is 0 Å². The Balaban J connectivity index is 2.31. The second kappa shape index (κ2) is 7.66. The van der Waals surface area contributed by atoms with Crippen LogP contribution in [0.4, 0.5) is 0 Å². The Bertz CT molecular complexity index is 925. The van der Waals surface area contributed by atoms with E-state index in [1.54, 1.807) is 0 Å². The predicted molar refractivity (Wildman–Crippen MR) is 123 cm³/mol. The van der Waals surface area contributed by atoms with Gasteiger partial charge in [-0.2, -0.15) is 0 Å². The molecular formula is C26H23O2P. The van der Waals surface area contributed by atoms with Crippen molar-refractivity contribution in [3.8, 4) is 0 Å². The summed E-state index contributed by atoms with van der Waals surface area (Å²) in [6, 6.07) is 40.6. The van der Waals surface area contributed by atoms with Gasteiger partial charge in [-0.05, 0) is 0 Å². The van der Waals surface area contributed by atoms with Crippen LogP contribution in [-0.4, -0.2) is 5.97 Å². The Kier molecular flexibility index (Phi) is 5.05. The van der Waals surface area contributed by atoms with Gasteiger partial charge in [0, 0.05) is 0 Å². The first kappa shape index (κ1) is 19.1. The minimum atomic E-state index is -3.79. The minimum absolute atomic E-state index is 0.303. The molecule has 0 bridgehead atoms. The van der Waals surface area contributed by atoms with Gasteiger partial charge in [-0.25, -0.2) is 0 Å². The molecule has 4 rings (SSSR count). The van der Waals surface area contributed by atoms with Crippen molar-refractivity contribution >= 4 is 34.0 Å². The van der Waals surface area contributed by atoms with Crippen LogP contribution in [0.25, 0.3) is 0 Å². The molecule has 0 saturated carbocycles. The summed E-state index contributed by atoms with van der Waals surface area (Å²) in [6.45, 7) is -2.29. The van der Waals surface area contributed by atoms with Crippen molar-refractivity contribution in [2.24, 2.45) is 0 Å². The molecule has 0 aliphatic heterocycles. The number of carbonyl (C=O) groups excluding carboxylic acids is 1. The van der Waals surface area contributed by atoms with E-state index in [9.17, 15) is 4.79 Å². The summed E-state index contributed by atoms with van der Waals surface area (Å²) >= 11 is 0. The number of hydrogen-bond acceptors (Lipinski definition) is 2. The maximum atomic E-state index is 12.8. The summed E-state index contributed by atoms with van der Waals surface area (Å²) in [7, 11) is 0. The molecule has 0 atom stereocenters. The fourth-order valence-electron chi connectivity index (χ4n) is 4.21. The maximum absolute atomic E-state index is 12.8. The van der Waals surface area contributed by atoms with E-state index >= 15 is 0 Å². The molecular weight excluding hydrogens is 375 g/mol. The molecule has 0 N–H and O–H groups in total. The molecule has 0 amide bonds. The van der Waals surface area contributed by atoms with E-state index in [1.807, 2.05) is 72.8 Å². The Labute approximate surface area is 171 Å². The number of carbonyl (C=O) groups is 1. The summed E-state index contributed by atoms with van der Waals surface area (Å²) in [5, 5.41) is 3.99. The topological polar surface area (TPSA) is 26.3 Å². The van der Waals surface area contributed by atoms with Crippen molar-refractivity contribution in [1.29, 1.82) is 0 Å². The molecule has 4 aromatic carbocycles. The van der Waals surface area contributed by atoms with Crippen molar-refractivity contribution in [3.05, 3.63) is 121 Å². The molecule has 2 nitrogen and oxygen atoms in total. The first-order chi connectivity index (χ1) is 14.2. The van der Waals surface area contributed by atoms with Gasteiger partial charge in [0.15, 0.2) is 0 Å². The van der Waals surface area contributed by atoms with Gasteiger partial charge in [0.2, 0.25) is 0 Å². The molecule has 3 heteroatoms. The van der Waals surface area contributed by atoms with Crippen molar-refractivity contribution < 1.29 is 9.32 Å². The summed E-state index contributed by atoms with van der Waals surface area (Å²) in [6.07, 6.45) is 0. The predicted octanol–water partition coefficient (Wildman–Crippen LogP) is 4.32. The van der Waals surface area contributed by atoms with Gasteiger partial charge in [0.25, 0.3) is 0 Å². The molecule has 0 aromatic heterocycles. The van der Waals surface area contributed by atoms with Crippen LogP contribution in [0, 0.1) is 0 Å². The van der Waals surface area contributed by atoms with Gasteiger partial charge in [-0.1, -0.05) is 0 Å². The summed E-state index contributed by atoms with van der Waals surface area (Å²) in [4.78, 5) is 12.8. The third-order valence-electron chi connectivity index (χ3n) is 5.31. The molecule has 0 radical (unpaired) electrons. The van der Waals surface area contributed by atoms with Gasteiger partial charge in [0.1, 0.15) is 0 Å². The van der Waals surface area contributed by atoms with E-state index in [0.717, 1.165) is 21.2 Å². The Hall–Kier alpha value is -3.22. The number of hydrogen-bond donors (Lipinski definition) is 0. The second-order valence-electron chi connectivity index (χ2n) is 6.96. The monoisotopic (exact) mass is 398 g/mol. The fraction of sp³-hybridized carbons (Fsp3) is 0.0385. The molecule has 0 aliphatic rings. The average Bonchev–Trinajstić information content (AvgIpc) is 2.80. The van der Waals surface area contributed by atoms with Crippen LogP contribution in [0.5, 0.6) is 0 Å². The van der Waals surface area contributed by atoms with Crippen molar-refractivity contribution in [2.45, 2.75) is 6.92 Å². The Morgan fingerprint density at radius 2 is 0.759 bits per heavy atom. The molecule has 0 aliphatic carbocycles. The SMILES string of the molecule is CC(=O)OP(c1ccccc1)(c1ccccc1)(c1ccccc1)c1ccccc1. The third kappa shape index (κ3) is 2.88. The Morgan fingerprint density at radius 3 is 0.966 bits per heavy atom. The van der Waals surface area contributed by atoms with E-state index in [1.165, 1.54) is 6.92 Å². The van der Waals surface area contributed by atoms with Crippen LogP contribution < -0.4 is 21.2 Å². The van der Waals surface area contributed by atoms with E-state index in [2.05, 4.69) is 48.5 Å². The second-order valence-corrected chi connectivity index (χ2v) is 11.3. The van der Waals surface area contributed by atoms with E-state index in [4.69, 9.17) is 4.52 Å². The summed E-state index contributed by atoms with van der Waals surface area (Å²) in [5.41, 5.74) is 0. The molecule has 0 saturated heterocycles. The van der Waals surface area contributed by atoms with Crippen LogP contribution in [0.2, 0.25) is 0 Å². The number of rotatable bonds is 5. The summed E-state index contributed by atoms with van der Waals surface area (Å²) in [5.74, 6) is -0.303. The van der Waals surface area contributed by atoms with Gasteiger partial charge in [-0.3, -0.25) is 0 Å². The van der Waals surface area contributed by atoms with Crippen molar-refractivity contribution in [1.82, 2.24) is 0 Å². The average molecular weight is 398 g/mol. The van der Waals surface area contributed by atoms with Gasteiger partial charge >= 0.3 is 172 Å². The third-order valence-corrected chi connectivity index (χ3v) is 11.1. The zero-order valence-corrected chi connectivity index (χ0v) is 17.2. The fourth-order valence-corrected chi connectivity index (χ4v) is 9.90. The Morgan fingerprint density at radius 1 is 0.517 bits per heavy atom. The van der Waals surface area contributed by atoms with Crippen LogP contribution in [0.15, 0.2) is 121 Å². The number of benzene rings is 4. The van der Waals surface area contributed by atoms with E-state index in [-0.39, 0.29) is 5.97 Å². The zero-order valence-electron chi connectivity index (χ0n) is 16.3. The van der Waals surface area contributed by atoms with E-state index < -0.39 is 6.83 Å². The first-order valence-electron chi connectivity index (χ1n) is 9.63. The summed E-state index contributed by atoms with van der Waals surface area (Å²) < 4.78 is 6.66. The molecule has 0 spiro atoms. The molecule has 29 heavy (non-hydrogen) atoms. The van der Waals surface area contributed by atoms with Gasteiger partial charge in [0.05, 0.1) is 0 Å². The standard InChI is InChI=1S/C26H23O2P/c1-22(27)28-29(23-14-6-2-7-15-23,24-16-8-3-9-17-24,25-18-10-4-11-19-25)26-20-12-5-13-21-26/h2-21H,1H3. The van der Waals surface area contributed by atoms with E-state index in [0.29, 0.717) is 0 Å². The van der Waals surface area contributed by atoms with Gasteiger partial charge < -0.3 is 0 Å². The van der Waals surface area contributed by atoms with Crippen LogP contribution >= 0.6 is 6.83 Å². The molecule has 0 fully saturated rings. The van der Waals surface area contributed by atoms with Crippen molar-refractivity contribution in [2.75, 3.05) is 0 Å². The van der Waals surface area contributed by atoms with Crippen molar-refractivity contribution in [3.63, 3.8) is 0 Å². The van der Waals surface area contributed by atoms with Crippen LogP contribution in [0.3, 0.4) is 0 Å².